The molecule has 1 aromatic carbocycles. The molecule has 0 radical (unpaired) electrons. The van der Waals surface area contributed by atoms with E-state index in [9.17, 15) is 8.78 Å². The van der Waals surface area contributed by atoms with E-state index < -0.39 is 6.61 Å². The summed E-state index contributed by atoms with van der Waals surface area (Å²) in [6.45, 7) is 3.11. The van der Waals surface area contributed by atoms with Crippen molar-refractivity contribution in [2.75, 3.05) is 20.3 Å². The minimum absolute atomic E-state index is 0.181. The van der Waals surface area contributed by atoms with Gasteiger partial charge in [0.2, 0.25) is 0 Å². The normalized spacial score (nSPS) is 14.2. The van der Waals surface area contributed by atoms with Crippen LogP contribution < -0.4 is 10.1 Å². The lowest BCUT2D eigenvalue weighted by Gasteiger charge is -2.26. The Morgan fingerprint density at radius 1 is 1.19 bits per heavy atom. The van der Waals surface area contributed by atoms with Crippen LogP contribution in [-0.4, -0.2) is 26.9 Å². The standard InChI is InChI=1S/C16H25F2NO2/c1-4-10-19-15(12(2)9-11-20-3)13-5-7-14(8-6-13)21-16(17)18/h5-8,12,15-16,19H,4,9-11H2,1-3H3. The van der Waals surface area contributed by atoms with Crippen LogP contribution in [0.2, 0.25) is 0 Å². The second kappa shape index (κ2) is 9.68. The quantitative estimate of drug-likeness (QED) is 0.708. The van der Waals surface area contributed by atoms with E-state index in [1.165, 1.54) is 0 Å². The van der Waals surface area contributed by atoms with Crippen LogP contribution in [0.4, 0.5) is 8.78 Å². The first kappa shape index (κ1) is 17.9. The molecule has 0 saturated heterocycles. The fraction of sp³-hybridized carbons (Fsp3) is 0.625. The van der Waals surface area contributed by atoms with Gasteiger partial charge in [0.15, 0.2) is 0 Å². The third-order valence-corrected chi connectivity index (χ3v) is 3.42. The number of hydrogen-bond donors (Lipinski definition) is 1. The first-order valence-corrected chi connectivity index (χ1v) is 7.35. The van der Waals surface area contributed by atoms with Crippen molar-refractivity contribution >= 4 is 0 Å². The first-order chi connectivity index (χ1) is 10.1. The second-order valence-corrected chi connectivity index (χ2v) is 5.14. The van der Waals surface area contributed by atoms with Gasteiger partial charge in [-0.1, -0.05) is 26.0 Å². The lowest BCUT2D eigenvalue weighted by Crippen LogP contribution is -2.28. The molecule has 0 saturated carbocycles. The lowest BCUT2D eigenvalue weighted by molar-refractivity contribution is -0.0498. The molecule has 21 heavy (non-hydrogen) atoms. The Bertz CT molecular complexity index is 384. The summed E-state index contributed by atoms with van der Waals surface area (Å²) in [6, 6.07) is 7.04. The molecule has 2 atom stereocenters. The summed E-state index contributed by atoms with van der Waals surface area (Å²) >= 11 is 0. The molecule has 5 heteroatoms. The molecule has 0 bridgehead atoms. The van der Waals surface area contributed by atoms with Crippen LogP contribution >= 0.6 is 0 Å². The number of halogens is 2. The van der Waals surface area contributed by atoms with Crippen LogP contribution in [0.25, 0.3) is 0 Å². The Morgan fingerprint density at radius 2 is 1.86 bits per heavy atom. The molecule has 120 valence electrons. The molecule has 0 amide bonds. The van der Waals surface area contributed by atoms with Crippen LogP contribution in [0, 0.1) is 5.92 Å². The zero-order chi connectivity index (χ0) is 15.7. The summed E-state index contributed by atoms with van der Waals surface area (Å²) in [7, 11) is 1.69. The van der Waals surface area contributed by atoms with Crippen molar-refractivity contribution in [3.8, 4) is 5.75 Å². The molecule has 0 aliphatic carbocycles. The Hall–Kier alpha value is -1.20. The van der Waals surface area contributed by atoms with E-state index in [1.54, 1.807) is 19.2 Å². The van der Waals surface area contributed by atoms with Crippen molar-refractivity contribution in [1.29, 1.82) is 0 Å². The minimum atomic E-state index is -2.79. The zero-order valence-corrected chi connectivity index (χ0v) is 12.9. The van der Waals surface area contributed by atoms with E-state index in [4.69, 9.17) is 4.74 Å². The summed E-state index contributed by atoms with van der Waals surface area (Å²) in [5.74, 6) is 0.575. The van der Waals surface area contributed by atoms with E-state index >= 15 is 0 Å². The molecule has 0 spiro atoms. The third kappa shape index (κ3) is 6.40. The molecule has 3 nitrogen and oxygen atoms in total. The van der Waals surface area contributed by atoms with E-state index in [0.717, 1.165) is 24.9 Å². The van der Waals surface area contributed by atoms with Crippen molar-refractivity contribution in [1.82, 2.24) is 5.32 Å². The molecule has 0 fully saturated rings. The summed E-state index contributed by atoms with van der Waals surface area (Å²) in [5, 5.41) is 3.51. The van der Waals surface area contributed by atoms with Gasteiger partial charge in [0, 0.05) is 19.8 Å². The van der Waals surface area contributed by atoms with Gasteiger partial charge in [0.05, 0.1) is 0 Å². The zero-order valence-electron chi connectivity index (χ0n) is 12.9. The fourth-order valence-corrected chi connectivity index (χ4v) is 2.27. The molecule has 0 aromatic heterocycles. The summed E-state index contributed by atoms with van der Waals surface area (Å²) < 4.78 is 33.8. The Labute approximate surface area is 125 Å². The first-order valence-electron chi connectivity index (χ1n) is 7.35. The van der Waals surface area contributed by atoms with Gasteiger partial charge in [-0.15, -0.1) is 0 Å². The van der Waals surface area contributed by atoms with Crippen molar-refractivity contribution in [2.24, 2.45) is 5.92 Å². The van der Waals surface area contributed by atoms with Gasteiger partial charge in [-0.25, -0.2) is 0 Å². The summed E-state index contributed by atoms with van der Waals surface area (Å²) in [6.07, 6.45) is 1.98. The van der Waals surface area contributed by atoms with E-state index in [-0.39, 0.29) is 11.8 Å². The van der Waals surface area contributed by atoms with Gasteiger partial charge in [-0.05, 0) is 43.0 Å². The van der Waals surface area contributed by atoms with E-state index in [2.05, 4.69) is 23.9 Å². The maximum Gasteiger partial charge on any atom is 0.387 e. The molecule has 1 rings (SSSR count). The molecule has 2 unspecified atom stereocenters. The monoisotopic (exact) mass is 301 g/mol. The highest BCUT2D eigenvalue weighted by Gasteiger charge is 2.18. The van der Waals surface area contributed by atoms with Crippen LogP contribution in [-0.2, 0) is 4.74 Å². The Balaban J connectivity index is 2.76. The van der Waals surface area contributed by atoms with E-state index in [1.807, 2.05) is 12.1 Å². The highest BCUT2D eigenvalue weighted by Crippen LogP contribution is 2.26. The number of alkyl halides is 2. The van der Waals surface area contributed by atoms with E-state index in [0.29, 0.717) is 12.5 Å². The van der Waals surface area contributed by atoms with Crippen LogP contribution in [0.5, 0.6) is 5.75 Å². The predicted octanol–water partition coefficient (Wildman–Crippen LogP) is 4.00. The number of benzene rings is 1. The van der Waals surface area contributed by atoms with Crippen LogP contribution in [0.3, 0.4) is 0 Å². The molecule has 1 aromatic rings. The average molecular weight is 301 g/mol. The topological polar surface area (TPSA) is 30.5 Å². The summed E-state index contributed by atoms with van der Waals surface area (Å²) in [4.78, 5) is 0. The maximum absolute atomic E-state index is 12.2. The van der Waals surface area contributed by atoms with Crippen molar-refractivity contribution < 1.29 is 18.3 Å². The van der Waals surface area contributed by atoms with Gasteiger partial charge in [-0.2, -0.15) is 8.78 Å². The fourth-order valence-electron chi connectivity index (χ4n) is 2.27. The Kier molecular flexibility index (Phi) is 8.23. The minimum Gasteiger partial charge on any atom is -0.435 e. The van der Waals surface area contributed by atoms with Crippen molar-refractivity contribution in [3.05, 3.63) is 29.8 Å². The molecule has 1 N–H and O–H groups in total. The van der Waals surface area contributed by atoms with Crippen molar-refractivity contribution in [3.63, 3.8) is 0 Å². The lowest BCUT2D eigenvalue weighted by atomic mass is 9.92. The number of rotatable bonds is 10. The van der Waals surface area contributed by atoms with Gasteiger partial charge >= 0.3 is 6.61 Å². The van der Waals surface area contributed by atoms with Gasteiger partial charge in [-0.3, -0.25) is 0 Å². The summed E-state index contributed by atoms with van der Waals surface area (Å²) in [5.41, 5.74) is 1.08. The average Bonchev–Trinajstić information content (AvgIpc) is 2.46. The van der Waals surface area contributed by atoms with Crippen LogP contribution in [0.15, 0.2) is 24.3 Å². The number of nitrogens with one attached hydrogen (secondary N) is 1. The predicted molar refractivity (Wildman–Crippen MR) is 79.8 cm³/mol. The number of hydrogen-bond acceptors (Lipinski definition) is 3. The second-order valence-electron chi connectivity index (χ2n) is 5.14. The number of methoxy groups -OCH3 is 1. The Morgan fingerprint density at radius 3 is 2.38 bits per heavy atom. The van der Waals surface area contributed by atoms with Gasteiger partial charge < -0.3 is 14.8 Å². The van der Waals surface area contributed by atoms with Gasteiger partial charge in [0.1, 0.15) is 5.75 Å². The third-order valence-electron chi connectivity index (χ3n) is 3.42. The molecule has 0 aliphatic heterocycles. The molecule has 0 aliphatic rings. The highest BCUT2D eigenvalue weighted by molar-refractivity contribution is 5.29. The molecule has 0 heterocycles. The SMILES string of the molecule is CCCNC(c1ccc(OC(F)F)cc1)C(C)CCOC. The molecular weight excluding hydrogens is 276 g/mol. The smallest absolute Gasteiger partial charge is 0.387 e. The highest BCUT2D eigenvalue weighted by atomic mass is 19.3. The molecular formula is C16H25F2NO2. The van der Waals surface area contributed by atoms with Gasteiger partial charge in [0.25, 0.3) is 0 Å². The number of ether oxygens (including phenoxy) is 2. The van der Waals surface area contributed by atoms with Crippen LogP contribution in [0.1, 0.15) is 38.3 Å². The van der Waals surface area contributed by atoms with Crippen molar-refractivity contribution in [2.45, 2.75) is 39.3 Å². The maximum atomic E-state index is 12.2. The largest absolute Gasteiger partial charge is 0.435 e.